The highest BCUT2D eigenvalue weighted by molar-refractivity contribution is 7.80. The van der Waals surface area contributed by atoms with Crippen molar-refractivity contribution < 1.29 is 0 Å². The second-order valence-corrected chi connectivity index (χ2v) is 4.77. The molecule has 0 aromatic rings. The van der Waals surface area contributed by atoms with Crippen LogP contribution in [0.5, 0.6) is 0 Å². The Labute approximate surface area is 93.1 Å². The highest BCUT2D eigenvalue weighted by Gasteiger charge is 2.12. The Morgan fingerprint density at radius 3 is 2.07 bits per heavy atom. The van der Waals surface area contributed by atoms with Gasteiger partial charge in [-0.25, -0.2) is 0 Å². The molecule has 0 aromatic carbocycles. The van der Waals surface area contributed by atoms with Crippen LogP contribution in [0.2, 0.25) is 0 Å². The maximum atomic E-state index is 5.25. The lowest BCUT2D eigenvalue weighted by molar-refractivity contribution is 0.418. The van der Waals surface area contributed by atoms with Crippen LogP contribution in [0, 0.1) is 0 Å². The van der Waals surface area contributed by atoms with E-state index in [1.165, 1.54) is 44.9 Å². The van der Waals surface area contributed by atoms with Crippen molar-refractivity contribution >= 4 is 17.3 Å². The van der Waals surface area contributed by atoms with Gasteiger partial charge in [-0.2, -0.15) is 0 Å². The maximum Gasteiger partial charge on any atom is 0.168 e. The van der Waals surface area contributed by atoms with Crippen LogP contribution in [0.25, 0.3) is 0 Å². The summed E-state index contributed by atoms with van der Waals surface area (Å²) < 4.78 is 0. The smallest absolute Gasteiger partial charge is 0.168 e. The molecular formula is C11H22N2S. The van der Waals surface area contributed by atoms with Crippen molar-refractivity contribution in [1.29, 1.82) is 0 Å². The second-order valence-electron chi connectivity index (χ2n) is 4.39. The van der Waals surface area contributed by atoms with Gasteiger partial charge in [0.05, 0.1) is 0 Å². The fourth-order valence-corrected chi connectivity index (χ4v) is 2.07. The Morgan fingerprint density at radius 2 is 1.57 bits per heavy atom. The van der Waals surface area contributed by atoms with E-state index in [4.69, 9.17) is 12.2 Å². The average Bonchev–Trinajstić information content (AvgIpc) is 2.08. The van der Waals surface area contributed by atoms with Crippen molar-refractivity contribution in [3.05, 3.63) is 0 Å². The van der Waals surface area contributed by atoms with Gasteiger partial charge in [-0.1, -0.05) is 32.1 Å². The summed E-state index contributed by atoms with van der Waals surface area (Å²) in [4.78, 5) is 1.98. The molecule has 0 aliphatic heterocycles. The molecule has 0 aromatic heterocycles. The zero-order chi connectivity index (χ0) is 10.4. The summed E-state index contributed by atoms with van der Waals surface area (Å²) in [5, 5.41) is 4.33. The van der Waals surface area contributed by atoms with Crippen LogP contribution in [0.4, 0.5) is 0 Å². The Morgan fingerprint density at radius 1 is 1.07 bits per heavy atom. The van der Waals surface area contributed by atoms with Gasteiger partial charge in [0.25, 0.3) is 0 Å². The SMILES string of the molecule is CN(C)C(=S)NC1CCCCCCC1. The van der Waals surface area contributed by atoms with Crippen molar-refractivity contribution in [1.82, 2.24) is 10.2 Å². The first kappa shape index (κ1) is 11.8. The van der Waals surface area contributed by atoms with Gasteiger partial charge in [0, 0.05) is 20.1 Å². The largest absolute Gasteiger partial charge is 0.360 e. The van der Waals surface area contributed by atoms with Gasteiger partial charge >= 0.3 is 0 Å². The van der Waals surface area contributed by atoms with E-state index in [1.807, 2.05) is 19.0 Å². The first-order valence-electron chi connectivity index (χ1n) is 5.68. The van der Waals surface area contributed by atoms with Crippen LogP contribution in [0.3, 0.4) is 0 Å². The molecule has 0 saturated heterocycles. The number of thiocarbonyl (C=S) groups is 1. The van der Waals surface area contributed by atoms with Gasteiger partial charge in [-0.3, -0.25) is 0 Å². The van der Waals surface area contributed by atoms with Crippen LogP contribution in [0.1, 0.15) is 44.9 Å². The lowest BCUT2D eigenvalue weighted by Gasteiger charge is -2.25. The molecule has 1 N–H and O–H groups in total. The molecule has 0 amide bonds. The van der Waals surface area contributed by atoms with Gasteiger partial charge in [0.15, 0.2) is 5.11 Å². The van der Waals surface area contributed by atoms with Gasteiger partial charge in [0.1, 0.15) is 0 Å². The molecule has 0 heterocycles. The van der Waals surface area contributed by atoms with E-state index in [0.29, 0.717) is 6.04 Å². The number of nitrogens with one attached hydrogen (secondary N) is 1. The molecule has 1 aliphatic rings. The second kappa shape index (κ2) is 6.23. The molecule has 0 bridgehead atoms. The zero-order valence-electron chi connectivity index (χ0n) is 9.38. The molecule has 0 atom stereocenters. The highest BCUT2D eigenvalue weighted by atomic mass is 32.1. The third-order valence-corrected chi connectivity index (χ3v) is 3.32. The van der Waals surface area contributed by atoms with E-state index in [1.54, 1.807) is 0 Å². The molecule has 0 radical (unpaired) electrons. The third-order valence-electron chi connectivity index (χ3n) is 2.84. The predicted octanol–water partition coefficient (Wildman–Crippen LogP) is 2.54. The summed E-state index contributed by atoms with van der Waals surface area (Å²) >= 11 is 5.25. The average molecular weight is 214 g/mol. The van der Waals surface area contributed by atoms with Crippen LogP contribution in [-0.2, 0) is 0 Å². The number of nitrogens with zero attached hydrogens (tertiary/aromatic N) is 1. The molecule has 14 heavy (non-hydrogen) atoms. The number of rotatable bonds is 1. The minimum Gasteiger partial charge on any atom is -0.360 e. The van der Waals surface area contributed by atoms with Crippen LogP contribution < -0.4 is 5.32 Å². The summed E-state index contributed by atoms with van der Waals surface area (Å²) in [5.41, 5.74) is 0. The standard InChI is InChI=1S/C11H22N2S/c1-13(2)11(14)12-10-8-6-4-3-5-7-9-10/h10H,3-9H2,1-2H3,(H,12,14). The van der Waals surface area contributed by atoms with Gasteiger partial charge < -0.3 is 10.2 Å². The summed E-state index contributed by atoms with van der Waals surface area (Å²) in [5.74, 6) is 0. The molecule has 2 nitrogen and oxygen atoms in total. The van der Waals surface area contributed by atoms with Crippen LogP contribution in [0.15, 0.2) is 0 Å². The molecule has 1 saturated carbocycles. The molecule has 3 heteroatoms. The number of hydrogen-bond acceptors (Lipinski definition) is 1. The lowest BCUT2D eigenvalue weighted by atomic mass is 9.97. The monoisotopic (exact) mass is 214 g/mol. The molecule has 82 valence electrons. The van der Waals surface area contributed by atoms with E-state index < -0.39 is 0 Å². The van der Waals surface area contributed by atoms with E-state index >= 15 is 0 Å². The van der Waals surface area contributed by atoms with Gasteiger partial charge in [0.2, 0.25) is 0 Å². The minimum atomic E-state index is 0.616. The molecule has 0 unspecified atom stereocenters. The fourth-order valence-electron chi connectivity index (χ4n) is 1.90. The predicted molar refractivity (Wildman–Crippen MR) is 65.5 cm³/mol. The maximum absolute atomic E-state index is 5.25. The minimum absolute atomic E-state index is 0.616. The quantitative estimate of drug-likeness (QED) is 0.675. The number of hydrogen-bond donors (Lipinski definition) is 1. The Kier molecular flexibility index (Phi) is 5.23. The van der Waals surface area contributed by atoms with E-state index in [2.05, 4.69) is 5.32 Å². The fraction of sp³-hybridized carbons (Fsp3) is 0.909. The summed E-state index contributed by atoms with van der Waals surface area (Å²) in [6.45, 7) is 0. The Balaban J connectivity index is 2.30. The first-order chi connectivity index (χ1) is 6.70. The third kappa shape index (κ3) is 4.27. The lowest BCUT2D eigenvalue weighted by Crippen LogP contribution is -2.41. The summed E-state index contributed by atoms with van der Waals surface area (Å²) in [6.07, 6.45) is 9.49. The summed E-state index contributed by atoms with van der Waals surface area (Å²) in [7, 11) is 4.00. The molecule has 1 fully saturated rings. The zero-order valence-corrected chi connectivity index (χ0v) is 10.2. The van der Waals surface area contributed by atoms with Crippen LogP contribution >= 0.6 is 12.2 Å². The highest BCUT2D eigenvalue weighted by Crippen LogP contribution is 2.17. The van der Waals surface area contributed by atoms with Crippen LogP contribution in [-0.4, -0.2) is 30.1 Å². The normalized spacial score (nSPS) is 19.6. The molecule has 1 aliphatic carbocycles. The molecule has 1 rings (SSSR count). The van der Waals surface area contributed by atoms with Crippen molar-refractivity contribution in [3.63, 3.8) is 0 Å². The first-order valence-corrected chi connectivity index (χ1v) is 6.09. The van der Waals surface area contributed by atoms with E-state index in [9.17, 15) is 0 Å². The van der Waals surface area contributed by atoms with Crippen molar-refractivity contribution in [3.8, 4) is 0 Å². The van der Waals surface area contributed by atoms with Crippen molar-refractivity contribution in [2.24, 2.45) is 0 Å². The van der Waals surface area contributed by atoms with Crippen molar-refractivity contribution in [2.75, 3.05) is 14.1 Å². The molecule has 0 spiro atoms. The Hall–Kier alpha value is -0.310. The van der Waals surface area contributed by atoms with Gasteiger partial charge in [-0.05, 0) is 25.1 Å². The van der Waals surface area contributed by atoms with E-state index in [0.717, 1.165) is 5.11 Å². The summed E-state index contributed by atoms with van der Waals surface area (Å²) in [6, 6.07) is 0.616. The van der Waals surface area contributed by atoms with E-state index in [-0.39, 0.29) is 0 Å². The van der Waals surface area contributed by atoms with Crippen molar-refractivity contribution in [2.45, 2.75) is 51.0 Å². The topological polar surface area (TPSA) is 15.3 Å². The Bertz CT molecular complexity index is 172. The van der Waals surface area contributed by atoms with Gasteiger partial charge in [-0.15, -0.1) is 0 Å². The molecular weight excluding hydrogens is 192 g/mol.